The number of thiazole rings is 1. The van der Waals surface area contributed by atoms with E-state index in [-0.39, 0.29) is 18.4 Å². The molecule has 0 aliphatic heterocycles. The van der Waals surface area contributed by atoms with Gasteiger partial charge in [0.15, 0.2) is 5.82 Å². The van der Waals surface area contributed by atoms with E-state index in [0.29, 0.717) is 11.4 Å². The van der Waals surface area contributed by atoms with E-state index in [1.807, 2.05) is 50.3 Å². The number of carboxylic acid groups (broad SMARTS) is 1. The van der Waals surface area contributed by atoms with Gasteiger partial charge in [0.25, 0.3) is 5.91 Å². The van der Waals surface area contributed by atoms with Crippen LogP contribution in [0.2, 0.25) is 0 Å². The number of fused-ring (bicyclic) bond motifs is 1. The van der Waals surface area contributed by atoms with Crippen LogP contribution in [0.3, 0.4) is 0 Å². The van der Waals surface area contributed by atoms with Crippen molar-refractivity contribution in [3.63, 3.8) is 0 Å². The molecule has 1 fully saturated rings. The summed E-state index contributed by atoms with van der Waals surface area (Å²) in [4.78, 5) is 35.3. The highest BCUT2D eigenvalue weighted by Gasteiger charge is 2.32. The molecule has 1 aromatic carbocycles. The Morgan fingerprint density at radius 3 is 2.61 bits per heavy atom. The first-order valence-corrected chi connectivity index (χ1v) is 12.7. The first kappa shape index (κ1) is 26.7. The lowest BCUT2D eigenvalue weighted by molar-refractivity contribution is -0.138. The van der Waals surface area contributed by atoms with Crippen LogP contribution < -0.4 is 0 Å². The van der Waals surface area contributed by atoms with Crippen molar-refractivity contribution in [1.82, 2.24) is 24.6 Å². The lowest BCUT2D eigenvalue weighted by Crippen LogP contribution is -2.42. The zero-order valence-corrected chi connectivity index (χ0v) is 21.4. The van der Waals surface area contributed by atoms with Crippen molar-refractivity contribution >= 4 is 39.0 Å². The minimum atomic E-state index is -1.05. The van der Waals surface area contributed by atoms with E-state index >= 15 is 0 Å². The zero-order chi connectivity index (χ0) is 26.1. The van der Waals surface area contributed by atoms with Crippen LogP contribution in [0.5, 0.6) is 0 Å². The molecule has 188 valence electrons. The highest BCUT2D eigenvalue weighted by Crippen LogP contribution is 2.29. The van der Waals surface area contributed by atoms with Crippen molar-refractivity contribution in [2.75, 3.05) is 6.54 Å². The second kappa shape index (κ2) is 12.7. The molecule has 1 aliphatic rings. The number of carbonyl (C=O) groups excluding carboxylic acids is 1. The van der Waals surface area contributed by atoms with E-state index in [1.165, 1.54) is 16.2 Å². The number of amides is 1. The monoisotopic (exact) mass is 505 g/mol. The van der Waals surface area contributed by atoms with Gasteiger partial charge in [0.05, 0.1) is 21.4 Å². The lowest BCUT2D eigenvalue weighted by atomic mass is 10.2. The third-order valence-electron chi connectivity index (χ3n) is 5.64. The van der Waals surface area contributed by atoms with Crippen LogP contribution in [0.15, 0.2) is 67.2 Å². The van der Waals surface area contributed by atoms with Gasteiger partial charge in [-0.1, -0.05) is 55.9 Å². The van der Waals surface area contributed by atoms with E-state index in [9.17, 15) is 14.7 Å². The van der Waals surface area contributed by atoms with Gasteiger partial charge in [-0.05, 0) is 38.8 Å². The average Bonchev–Trinajstić information content (AvgIpc) is 3.64. The number of nitrogens with zero attached hydrogens (tertiary/aromatic N) is 5. The van der Waals surface area contributed by atoms with Crippen LogP contribution in [0.4, 0.5) is 0 Å². The molecule has 8 nitrogen and oxygen atoms in total. The van der Waals surface area contributed by atoms with E-state index < -0.39 is 11.9 Å². The van der Waals surface area contributed by atoms with E-state index in [1.54, 1.807) is 22.3 Å². The van der Waals surface area contributed by atoms with E-state index in [2.05, 4.69) is 28.2 Å². The summed E-state index contributed by atoms with van der Waals surface area (Å²) in [7, 11) is 0. The zero-order valence-electron chi connectivity index (χ0n) is 20.6. The molecule has 1 saturated carbocycles. The van der Waals surface area contributed by atoms with Crippen LogP contribution >= 0.6 is 11.3 Å². The Labute approximate surface area is 215 Å². The first-order valence-electron chi connectivity index (χ1n) is 11.8. The first-order chi connectivity index (χ1) is 17.4. The summed E-state index contributed by atoms with van der Waals surface area (Å²) in [5.41, 5.74) is 4.01. The van der Waals surface area contributed by atoms with Crippen molar-refractivity contribution in [2.45, 2.75) is 45.6 Å². The molecule has 0 unspecified atom stereocenters. The summed E-state index contributed by atoms with van der Waals surface area (Å²) >= 11 is 1.48. The molecule has 2 heterocycles. The number of rotatable bonds is 8. The van der Waals surface area contributed by atoms with Crippen LogP contribution in [0.25, 0.3) is 21.5 Å². The van der Waals surface area contributed by atoms with Gasteiger partial charge in [0.1, 0.15) is 6.54 Å². The molecule has 1 amide bonds. The molecular weight excluding hydrogens is 474 g/mol. The molecule has 4 rings (SSSR count). The number of hydrogen-bond acceptors (Lipinski definition) is 6. The van der Waals surface area contributed by atoms with Crippen molar-refractivity contribution in [1.29, 1.82) is 0 Å². The number of aromatic nitrogens is 4. The van der Waals surface area contributed by atoms with Gasteiger partial charge in [0.2, 0.25) is 5.82 Å². The van der Waals surface area contributed by atoms with E-state index in [4.69, 9.17) is 0 Å². The van der Waals surface area contributed by atoms with Gasteiger partial charge >= 0.3 is 5.97 Å². The highest BCUT2D eigenvalue weighted by atomic mass is 32.1. The maximum Gasteiger partial charge on any atom is 0.323 e. The van der Waals surface area contributed by atoms with Gasteiger partial charge in [-0.15, -0.1) is 23.0 Å². The van der Waals surface area contributed by atoms with Crippen LogP contribution in [-0.4, -0.2) is 54.2 Å². The number of benzene rings is 1. The Balaban J connectivity index is 0.00000115. The fraction of sp³-hybridized carbons (Fsp3) is 0.296. The smallest absolute Gasteiger partial charge is 0.323 e. The fourth-order valence-electron chi connectivity index (χ4n) is 4.09. The number of carbonyl (C=O) groups is 2. The maximum atomic E-state index is 13.5. The summed E-state index contributed by atoms with van der Waals surface area (Å²) in [6.07, 6.45) is 12.5. The largest absolute Gasteiger partial charge is 0.480 e. The van der Waals surface area contributed by atoms with Crippen LogP contribution in [0.1, 0.15) is 56.0 Å². The van der Waals surface area contributed by atoms with Gasteiger partial charge in [-0.25, -0.2) is 14.6 Å². The Morgan fingerprint density at radius 1 is 1.25 bits per heavy atom. The molecule has 0 saturated heterocycles. The minimum Gasteiger partial charge on any atom is -0.480 e. The van der Waals surface area contributed by atoms with E-state index in [0.717, 1.165) is 41.6 Å². The molecule has 9 heteroatoms. The summed E-state index contributed by atoms with van der Waals surface area (Å²) in [5.74, 6) is -1.11. The topological polar surface area (TPSA) is 101 Å². The molecule has 2 aromatic heterocycles. The molecule has 3 aromatic rings. The van der Waals surface area contributed by atoms with Crippen LogP contribution in [0, 0.1) is 0 Å². The maximum absolute atomic E-state index is 13.5. The van der Waals surface area contributed by atoms with Crippen molar-refractivity contribution in [3.05, 3.63) is 78.9 Å². The number of allylic oxidation sites excluding steroid dienone is 6. The van der Waals surface area contributed by atoms with Gasteiger partial charge in [-0.3, -0.25) is 9.59 Å². The average molecular weight is 506 g/mol. The normalized spacial score (nSPS) is 14.0. The molecule has 0 atom stereocenters. The Kier molecular flexibility index (Phi) is 9.46. The number of aliphatic carboxylic acids is 1. The molecule has 0 bridgehead atoms. The molecule has 0 spiro atoms. The summed E-state index contributed by atoms with van der Waals surface area (Å²) in [6.45, 7) is 10.7. The van der Waals surface area contributed by atoms with Gasteiger partial charge in [-0.2, -0.15) is 0 Å². The Bertz CT molecular complexity index is 1300. The number of hydrogen-bond donors (Lipinski definition) is 1. The molecule has 1 aliphatic carbocycles. The summed E-state index contributed by atoms with van der Waals surface area (Å²) < 4.78 is 2.54. The van der Waals surface area contributed by atoms with Gasteiger partial charge < -0.3 is 10.0 Å². The van der Waals surface area contributed by atoms with Crippen molar-refractivity contribution < 1.29 is 14.7 Å². The third-order valence-corrected chi connectivity index (χ3v) is 6.51. The highest BCUT2D eigenvalue weighted by molar-refractivity contribution is 7.17. The Morgan fingerprint density at radius 2 is 1.97 bits per heavy atom. The third kappa shape index (κ3) is 6.04. The predicted octanol–water partition coefficient (Wildman–Crippen LogP) is 5.68. The Hall–Kier alpha value is -3.85. The minimum absolute atomic E-state index is 0.0344. The van der Waals surface area contributed by atoms with Crippen LogP contribution in [-0.2, 0) is 4.79 Å². The fourth-order valence-corrected chi connectivity index (χ4v) is 4.87. The number of carboxylic acids is 1. The van der Waals surface area contributed by atoms with Crippen molar-refractivity contribution in [3.8, 4) is 5.69 Å². The molecular formula is C27H31N5O3S. The van der Waals surface area contributed by atoms with Gasteiger partial charge in [0, 0.05) is 11.6 Å². The second-order valence-electron chi connectivity index (χ2n) is 8.17. The lowest BCUT2D eigenvalue weighted by Gasteiger charge is -2.26. The standard InChI is InChI=1S/C24H25N5O3S.C3H6/c1-3-5-9-16(4-2)23-26-22(24(32)28(14-20(30)31)17-10-6-7-11-17)27-29(23)19-13-8-12-18-21(19)33-15-25-18;1-3-2/h3-5,8-9,12-13,15,17H,2,6-7,10-11,14H2,1H3,(H,30,31);3H,1H2,2H3/b5-3-,16-9+;. The summed E-state index contributed by atoms with van der Waals surface area (Å²) in [6, 6.07) is 5.57. The second-order valence-corrected chi connectivity index (χ2v) is 9.03. The molecule has 0 radical (unpaired) electrons. The predicted molar refractivity (Wildman–Crippen MR) is 144 cm³/mol. The quantitative estimate of drug-likeness (QED) is 0.312. The molecule has 36 heavy (non-hydrogen) atoms. The van der Waals surface area contributed by atoms with Crippen molar-refractivity contribution in [2.24, 2.45) is 0 Å². The molecule has 1 N–H and O–H groups in total. The summed E-state index contributed by atoms with van der Waals surface area (Å²) in [5, 5.41) is 14.0. The SMILES string of the molecule is C=C/C(=C\C=C/C)c1nc(C(=O)N(CC(=O)O)C2CCCC2)nn1-c1cccc2ncsc12.C=CC.